The van der Waals surface area contributed by atoms with Gasteiger partial charge < -0.3 is 8.83 Å². The zero-order valence-electron chi connectivity index (χ0n) is 16.7. The van der Waals surface area contributed by atoms with Crippen LogP contribution in [-0.4, -0.2) is 10.2 Å². The Morgan fingerprint density at radius 1 is 1.10 bits per heavy atom. The maximum Gasteiger partial charge on any atom is 0.416 e. The second-order valence-electron chi connectivity index (χ2n) is 7.20. The van der Waals surface area contributed by atoms with Crippen LogP contribution < -0.4 is 5.48 Å². The fraction of sp³-hybridized carbons (Fsp3) is 0.174. The minimum atomic E-state index is -4.39. The van der Waals surface area contributed by atoms with Crippen molar-refractivity contribution >= 4 is 16.5 Å². The maximum atomic E-state index is 12.8. The zero-order valence-corrected chi connectivity index (χ0v) is 16.7. The number of oxazole rings is 1. The summed E-state index contributed by atoms with van der Waals surface area (Å²) in [6.45, 7) is 3.62. The van der Waals surface area contributed by atoms with Crippen LogP contribution in [0.3, 0.4) is 0 Å². The SMILES string of the molecule is C/C(=C\NO)c1ccc2oc(Cc3nc(-c4ccc(C(F)(F)F)cc4)oc3C)cc2c1. The van der Waals surface area contributed by atoms with Gasteiger partial charge in [0, 0.05) is 17.1 Å². The molecule has 0 aliphatic heterocycles. The largest absolute Gasteiger partial charge is 0.461 e. The number of furan rings is 1. The molecule has 0 fully saturated rings. The number of fused-ring (bicyclic) bond motifs is 1. The van der Waals surface area contributed by atoms with E-state index in [0.717, 1.165) is 28.7 Å². The molecule has 2 heterocycles. The molecule has 0 bridgehead atoms. The van der Waals surface area contributed by atoms with Gasteiger partial charge in [0.25, 0.3) is 0 Å². The van der Waals surface area contributed by atoms with E-state index >= 15 is 0 Å². The summed E-state index contributed by atoms with van der Waals surface area (Å²) in [5.74, 6) is 1.52. The minimum absolute atomic E-state index is 0.261. The quantitative estimate of drug-likeness (QED) is 0.363. The van der Waals surface area contributed by atoms with Crippen molar-refractivity contribution in [2.24, 2.45) is 0 Å². The molecule has 0 aliphatic carbocycles. The van der Waals surface area contributed by atoms with E-state index in [1.165, 1.54) is 18.3 Å². The summed E-state index contributed by atoms with van der Waals surface area (Å²) in [4.78, 5) is 4.45. The molecule has 0 atom stereocenters. The second kappa shape index (κ2) is 7.96. The van der Waals surface area contributed by atoms with E-state index in [0.29, 0.717) is 34.8 Å². The summed E-state index contributed by atoms with van der Waals surface area (Å²) < 4.78 is 49.9. The minimum Gasteiger partial charge on any atom is -0.461 e. The summed E-state index contributed by atoms with van der Waals surface area (Å²) >= 11 is 0. The molecule has 0 radical (unpaired) electrons. The van der Waals surface area contributed by atoms with Crippen LogP contribution in [0.5, 0.6) is 0 Å². The van der Waals surface area contributed by atoms with E-state index in [9.17, 15) is 13.2 Å². The molecule has 2 aromatic heterocycles. The zero-order chi connectivity index (χ0) is 22.2. The topological polar surface area (TPSA) is 71.4 Å². The number of aryl methyl sites for hydroxylation is 1. The maximum absolute atomic E-state index is 12.8. The standard InChI is InChI=1S/C23H19F3N2O3/c1-13(12-27-29)16-5-8-21-17(9-16)10-19(31-21)11-20-14(2)30-22(28-20)15-3-6-18(7-4-15)23(24,25)26/h3-10,12,27,29H,11H2,1-2H3/b13-12+. The highest BCUT2D eigenvalue weighted by atomic mass is 19.4. The number of hydroxylamine groups is 1. The lowest BCUT2D eigenvalue weighted by Crippen LogP contribution is -2.03. The summed E-state index contributed by atoms with van der Waals surface area (Å²) in [5, 5.41) is 9.73. The molecule has 0 aliphatic rings. The molecule has 31 heavy (non-hydrogen) atoms. The number of allylic oxidation sites excluding steroid dienone is 1. The Hall–Kier alpha value is -3.52. The number of benzene rings is 2. The van der Waals surface area contributed by atoms with E-state index in [1.54, 1.807) is 6.92 Å². The third-order valence-corrected chi connectivity index (χ3v) is 5.00. The van der Waals surface area contributed by atoms with Gasteiger partial charge in [0.1, 0.15) is 17.1 Å². The van der Waals surface area contributed by atoms with Gasteiger partial charge >= 0.3 is 6.18 Å². The number of nitrogens with one attached hydrogen (secondary N) is 1. The lowest BCUT2D eigenvalue weighted by Gasteiger charge is -2.06. The highest BCUT2D eigenvalue weighted by Crippen LogP contribution is 2.32. The number of aromatic nitrogens is 1. The molecule has 5 nitrogen and oxygen atoms in total. The lowest BCUT2D eigenvalue weighted by atomic mass is 10.1. The highest BCUT2D eigenvalue weighted by molar-refractivity contribution is 5.82. The molecule has 2 aromatic carbocycles. The molecule has 2 N–H and O–H groups in total. The second-order valence-corrected chi connectivity index (χ2v) is 7.20. The Morgan fingerprint density at radius 3 is 2.52 bits per heavy atom. The molecule has 0 spiro atoms. The van der Waals surface area contributed by atoms with Gasteiger partial charge in [-0.2, -0.15) is 13.2 Å². The molecule has 8 heteroatoms. The summed E-state index contributed by atoms with van der Waals surface area (Å²) in [6, 6.07) is 12.3. The van der Waals surface area contributed by atoms with Crippen molar-refractivity contribution in [3.63, 3.8) is 0 Å². The smallest absolute Gasteiger partial charge is 0.416 e. The van der Waals surface area contributed by atoms with Crippen LogP contribution in [0.1, 0.15) is 35.3 Å². The predicted octanol–water partition coefficient (Wildman–Crippen LogP) is 6.35. The highest BCUT2D eigenvalue weighted by Gasteiger charge is 2.30. The average Bonchev–Trinajstić information content (AvgIpc) is 3.30. The van der Waals surface area contributed by atoms with Gasteiger partial charge in [-0.3, -0.25) is 10.7 Å². The van der Waals surface area contributed by atoms with Gasteiger partial charge in [-0.15, -0.1) is 0 Å². The van der Waals surface area contributed by atoms with Gasteiger partial charge in [-0.1, -0.05) is 6.07 Å². The number of halogens is 3. The van der Waals surface area contributed by atoms with Crippen LogP contribution in [0, 0.1) is 6.92 Å². The Balaban J connectivity index is 1.58. The average molecular weight is 428 g/mol. The van der Waals surface area contributed by atoms with Gasteiger partial charge in [0.05, 0.1) is 17.7 Å². The Kier molecular flexibility index (Phi) is 5.32. The number of alkyl halides is 3. The molecule has 0 saturated carbocycles. The third kappa shape index (κ3) is 4.34. The molecule has 4 rings (SSSR count). The van der Waals surface area contributed by atoms with E-state index in [2.05, 4.69) is 4.98 Å². The van der Waals surface area contributed by atoms with E-state index in [1.807, 2.05) is 36.7 Å². The van der Waals surface area contributed by atoms with E-state index in [-0.39, 0.29) is 5.89 Å². The fourth-order valence-corrected chi connectivity index (χ4v) is 3.29. The van der Waals surface area contributed by atoms with Gasteiger partial charge in [-0.25, -0.2) is 4.98 Å². The molecular weight excluding hydrogens is 409 g/mol. The van der Waals surface area contributed by atoms with Crippen molar-refractivity contribution in [1.82, 2.24) is 10.5 Å². The summed E-state index contributed by atoms with van der Waals surface area (Å²) in [6.07, 6.45) is -2.52. The summed E-state index contributed by atoms with van der Waals surface area (Å²) in [7, 11) is 0. The molecule has 0 saturated heterocycles. The van der Waals surface area contributed by atoms with Crippen LogP contribution in [0.15, 0.2) is 63.6 Å². The van der Waals surface area contributed by atoms with Gasteiger partial charge in [0.15, 0.2) is 0 Å². The number of hydrogen-bond acceptors (Lipinski definition) is 5. The van der Waals surface area contributed by atoms with Crippen LogP contribution >= 0.6 is 0 Å². The lowest BCUT2D eigenvalue weighted by molar-refractivity contribution is -0.137. The van der Waals surface area contributed by atoms with Crippen LogP contribution in [0.4, 0.5) is 13.2 Å². The first-order valence-corrected chi connectivity index (χ1v) is 9.48. The Bertz CT molecular complexity index is 1250. The van der Waals surface area contributed by atoms with Crippen molar-refractivity contribution in [2.75, 3.05) is 0 Å². The van der Waals surface area contributed by atoms with E-state index in [4.69, 9.17) is 14.0 Å². The van der Waals surface area contributed by atoms with Crippen molar-refractivity contribution in [3.8, 4) is 11.5 Å². The Morgan fingerprint density at radius 2 is 1.84 bits per heavy atom. The van der Waals surface area contributed by atoms with Gasteiger partial charge in [-0.05, 0) is 67.4 Å². The Labute approximate surface area is 175 Å². The van der Waals surface area contributed by atoms with Crippen molar-refractivity contribution in [1.29, 1.82) is 0 Å². The molecule has 0 amide bonds. The molecule has 0 unspecified atom stereocenters. The van der Waals surface area contributed by atoms with Crippen LogP contribution in [0.2, 0.25) is 0 Å². The first-order valence-electron chi connectivity index (χ1n) is 9.48. The fourth-order valence-electron chi connectivity index (χ4n) is 3.29. The van der Waals surface area contributed by atoms with Gasteiger partial charge in [0.2, 0.25) is 5.89 Å². The van der Waals surface area contributed by atoms with E-state index < -0.39 is 11.7 Å². The molecule has 4 aromatic rings. The number of nitrogens with zero attached hydrogens (tertiary/aromatic N) is 1. The number of hydrogen-bond donors (Lipinski definition) is 2. The van der Waals surface area contributed by atoms with Crippen molar-refractivity contribution in [2.45, 2.75) is 26.4 Å². The number of rotatable bonds is 5. The first kappa shape index (κ1) is 20.7. The normalized spacial score (nSPS) is 12.5. The third-order valence-electron chi connectivity index (χ3n) is 5.00. The summed E-state index contributed by atoms with van der Waals surface area (Å²) in [5.41, 5.74) is 4.93. The first-order chi connectivity index (χ1) is 14.7. The van der Waals surface area contributed by atoms with Crippen molar-refractivity contribution in [3.05, 3.63) is 83.1 Å². The predicted molar refractivity (Wildman–Crippen MR) is 109 cm³/mol. The monoisotopic (exact) mass is 428 g/mol. The van der Waals surface area contributed by atoms with Crippen LogP contribution in [0.25, 0.3) is 28.0 Å². The van der Waals surface area contributed by atoms with Crippen molar-refractivity contribution < 1.29 is 27.2 Å². The molecular formula is C23H19F3N2O3. The van der Waals surface area contributed by atoms with Crippen LogP contribution in [-0.2, 0) is 12.6 Å². The molecule has 160 valence electrons.